The van der Waals surface area contributed by atoms with E-state index in [2.05, 4.69) is 6.58 Å². The van der Waals surface area contributed by atoms with Gasteiger partial charge < -0.3 is 5.11 Å². The highest BCUT2D eigenvalue weighted by atomic mass is 32.2. The summed E-state index contributed by atoms with van der Waals surface area (Å²) in [5.74, 6) is -1.18. The first-order valence-corrected chi connectivity index (χ1v) is 5.00. The molecular weight excluding hydrogens is 182 g/mol. The molecule has 0 aromatic carbocycles. The van der Waals surface area contributed by atoms with Crippen LogP contribution in [0.5, 0.6) is 0 Å². The number of hydrogen-bond donors (Lipinski definition) is 1. The first-order chi connectivity index (χ1) is 5.38. The average Bonchev–Trinajstić information content (AvgIpc) is 1.83. The summed E-state index contributed by atoms with van der Waals surface area (Å²) in [6.07, 6.45) is 2.30. The molecule has 12 heavy (non-hydrogen) atoms. The Kier molecular flexibility index (Phi) is 3.91. The van der Waals surface area contributed by atoms with Crippen molar-refractivity contribution in [2.45, 2.75) is 0 Å². The van der Waals surface area contributed by atoms with Gasteiger partial charge in [0.05, 0.1) is 6.26 Å². The Bertz CT molecular complexity index is 269. The maximum atomic E-state index is 10.9. The lowest BCUT2D eigenvalue weighted by molar-refractivity contribution is -0.137. The maximum Gasteiger partial charge on any atom is 0.318 e. The fourth-order valence-corrected chi connectivity index (χ4v) is 1.33. The highest BCUT2D eigenvalue weighted by Crippen LogP contribution is 1.96. The minimum atomic E-state index is -3.44. The summed E-state index contributed by atoms with van der Waals surface area (Å²) in [4.78, 5) is 10.2. The molecule has 5 nitrogen and oxygen atoms in total. The smallest absolute Gasteiger partial charge is 0.318 e. The lowest BCUT2D eigenvalue weighted by atomic mass is 10.6. The SMILES string of the molecule is C=CCN(CC(=O)O)S(C)(=O)=O. The first-order valence-electron chi connectivity index (χ1n) is 3.15. The van der Waals surface area contributed by atoms with E-state index in [1.165, 1.54) is 6.08 Å². The van der Waals surface area contributed by atoms with E-state index in [1.54, 1.807) is 0 Å². The van der Waals surface area contributed by atoms with Crippen LogP contribution >= 0.6 is 0 Å². The van der Waals surface area contributed by atoms with E-state index in [1.807, 2.05) is 0 Å². The Labute approximate surface area is 71.4 Å². The molecule has 0 radical (unpaired) electrons. The molecule has 0 aliphatic heterocycles. The van der Waals surface area contributed by atoms with Gasteiger partial charge in [-0.25, -0.2) is 8.42 Å². The molecule has 0 aliphatic rings. The van der Waals surface area contributed by atoms with E-state index >= 15 is 0 Å². The molecule has 0 spiro atoms. The fraction of sp³-hybridized carbons (Fsp3) is 0.500. The van der Waals surface area contributed by atoms with Crippen molar-refractivity contribution in [3.63, 3.8) is 0 Å². The molecule has 70 valence electrons. The normalized spacial score (nSPS) is 11.5. The largest absolute Gasteiger partial charge is 0.480 e. The van der Waals surface area contributed by atoms with Crippen LogP contribution in [0, 0.1) is 0 Å². The van der Waals surface area contributed by atoms with E-state index in [-0.39, 0.29) is 6.54 Å². The van der Waals surface area contributed by atoms with Crippen molar-refractivity contribution >= 4 is 16.0 Å². The van der Waals surface area contributed by atoms with Gasteiger partial charge in [0.2, 0.25) is 10.0 Å². The standard InChI is InChI=1S/C6H11NO4S/c1-3-4-7(5-6(8)9)12(2,10)11/h3H,1,4-5H2,2H3,(H,8,9). The Morgan fingerprint density at radius 1 is 1.67 bits per heavy atom. The summed E-state index contributed by atoms with van der Waals surface area (Å²) in [7, 11) is -3.44. The molecule has 0 aromatic rings. The number of carbonyl (C=O) groups is 1. The van der Waals surface area contributed by atoms with Crippen LogP contribution in [-0.4, -0.2) is 43.1 Å². The summed E-state index contributed by atoms with van der Waals surface area (Å²) in [6, 6.07) is 0. The molecule has 0 unspecified atom stereocenters. The van der Waals surface area contributed by atoms with E-state index in [4.69, 9.17) is 5.11 Å². The molecule has 0 aromatic heterocycles. The topological polar surface area (TPSA) is 74.7 Å². The lowest BCUT2D eigenvalue weighted by Crippen LogP contribution is -2.34. The second-order valence-electron chi connectivity index (χ2n) is 2.24. The van der Waals surface area contributed by atoms with Gasteiger partial charge in [-0.3, -0.25) is 4.79 Å². The number of aliphatic carboxylic acids is 1. The van der Waals surface area contributed by atoms with E-state index in [0.717, 1.165) is 10.6 Å². The van der Waals surface area contributed by atoms with Crippen molar-refractivity contribution in [3.8, 4) is 0 Å². The van der Waals surface area contributed by atoms with Crippen LogP contribution < -0.4 is 0 Å². The van der Waals surface area contributed by atoms with Crippen molar-refractivity contribution in [2.75, 3.05) is 19.3 Å². The van der Waals surface area contributed by atoms with Gasteiger partial charge in [0, 0.05) is 6.54 Å². The first kappa shape index (κ1) is 11.1. The van der Waals surface area contributed by atoms with Crippen LogP contribution in [0.25, 0.3) is 0 Å². The highest BCUT2D eigenvalue weighted by molar-refractivity contribution is 7.88. The molecule has 0 bridgehead atoms. The van der Waals surface area contributed by atoms with Gasteiger partial charge in [-0.15, -0.1) is 6.58 Å². The van der Waals surface area contributed by atoms with Gasteiger partial charge in [-0.05, 0) is 0 Å². The molecule has 0 fully saturated rings. The van der Waals surface area contributed by atoms with Crippen LogP contribution in [0.15, 0.2) is 12.7 Å². The Morgan fingerprint density at radius 3 is 2.42 bits per heavy atom. The molecule has 6 heteroatoms. The number of rotatable bonds is 5. The molecule has 0 aliphatic carbocycles. The third-order valence-corrected chi connectivity index (χ3v) is 2.33. The van der Waals surface area contributed by atoms with Gasteiger partial charge >= 0.3 is 5.97 Å². The molecule has 0 saturated heterocycles. The zero-order chi connectivity index (χ0) is 9.78. The summed E-state index contributed by atoms with van der Waals surface area (Å²) in [5.41, 5.74) is 0. The van der Waals surface area contributed by atoms with Gasteiger partial charge in [0.25, 0.3) is 0 Å². The fourth-order valence-electron chi connectivity index (χ4n) is 0.612. The Morgan fingerprint density at radius 2 is 2.17 bits per heavy atom. The number of sulfonamides is 1. The number of carboxylic acids is 1. The lowest BCUT2D eigenvalue weighted by Gasteiger charge is -2.14. The summed E-state index contributed by atoms with van der Waals surface area (Å²) in [5, 5.41) is 8.33. The van der Waals surface area contributed by atoms with Crippen LogP contribution in [0.3, 0.4) is 0 Å². The van der Waals surface area contributed by atoms with Crippen molar-refractivity contribution in [1.29, 1.82) is 0 Å². The maximum absolute atomic E-state index is 10.9. The number of nitrogens with zero attached hydrogens (tertiary/aromatic N) is 1. The summed E-state index contributed by atoms with van der Waals surface area (Å²) < 4.78 is 22.6. The molecule has 0 amide bonds. The van der Waals surface area contributed by atoms with Gasteiger partial charge in [0.15, 0.2) is 0 Å². The molecule has 0 heterocycles. The van der Waals surface area contributed by atoms with Gasteiger partial charge in [-0.2, -0.15) is 4.31 Å². The Balaban J connectivity index is 4.44. The van der Waals surface area contributed by atoms with Crippen LogP contribution in [0.1, 0.15) is 0 Å². The Hall–Kier alpha value is -0.880. The van der Waals surface area contributed by atoms with Crippen molar-refractivity contribution < 1.29 is 18.3 Å². The molecule has 0 rings (SSSR count). The minimum absolute atomic E-state index is 0.0190. The van der Waals surface area contributed by atoms with E-state index < -0.39 is 22.5 Å². The van der Waals surface area contributed by atoms with Crippen LogP contribution in [-0.2, 0) is 14.8 Å². The second-order valence-corrected chi connectivity index (χ2v) is 4.22. The van der Waals surface area contributed by atoms with Crippen molar-refractivity contribution in [2.24, 2.45) is 0 Å². The molecular formula is C6H11NO4S. The van der Waals surface area contributed by atoms with Gasteiger partial charge in [0.1, 0.15) is 6.54 Å². The van der Waals surface area contributed by atoms with Crippen molar-refractivity contribution in [3.05, 3.63) is 12.7 Å². The molecule has 0 atom stereocenters. The quantitative estimate of drug-likeness (QED) is 0.598. The molecule has 1 N–H and O–H groups in total. The number of carboxylic acid groups (broad SMARTS) is 1. The second kappa shape index (κ2) is 4.22. The van der Waals surface area contributed by atoms with Gasteiger partial charge in [-0.1, -0.05) is 6.08 Å². The third-order valence-electron chi connectivity index (χ3n) is 1.11. The predicted molar refractivity (Wildman–Crippen MR) is 44.2 cm³/mol. The van der Waals surface area contributed by atoms with Crippen LogP contribution in [0.4, 0.5) is 0 Å². The average molecular weight is 193 g/mol. The zero-order valence-corrected chi connectivity index (χ0v) is 7.54. The highest BCUT2D eigenvalue weighted by Gasteiger charge is 2.17. The monoisotopic (exact) mass is 193 g/mol. The minimum Gasteiger partial charge on any atom is -0.480 e. The van der Waals surface area contributed by atoms with E-state index in [9.17, 15) is 13.2 Å². The molecule has 0 saturated carbocycles. The third kappa shape index (κ3) is 4.09. The zero-order valence-electron chi connectivity index (χ0n) is 6.73. The van der Waals surface area contributed by atoms with Crippen molar-refractivity contribution in [1.82, 2.24) is 4.31 Å². The number of hydrogen-bond acceptors (Lipinski definition) is 3. The van der Waals surface area contributed by atoms with Crippen LogP contribution in [0.2, 0.25) is 0 Å². The predicted octanol–water partition coefficient (Wildman–Crippen LogP) is -0.481. The van der Waals surface area contributed by atoms with E-state index in [0.29, 0.717) is 0 Å². The summed E-state index contributed by atoms with van der Waals surface area (Å²) in [6.45, 7) is 2.82. The summed E-state index contributed by atoms with van der Waals surface area (Å²) >= 11 is 0.